The third-order valence-electron chi connectivity index (χ3n) is 4.18. The fraction of sp³-hybridized carbons (Fsp3) is 0.238. The topological polar surface area (TPSA) is 87.8 Å². The summed E-state index contributed by atoms with van der Waals surface area (Å²) in [4.78, 5) is 30.0. The number of anilines is 1. The predicted octanol–water partition coefficient (Wildman–Crippen LogP) is 3.80. The van der Waals surface area contributed by atoms with Gasteiger partial charge < -0.3 is 5.32 Å². The van der Waals surface area contributed by atoms with Crippen LogP contribution in [-0.2, 0) is 11.3 Å². The number of nitrogens with zero attached hydrogens (tertiary/aromatic N) is 3. The standard InChI is InChI=1S/C21H20N4O2S/c1-3-11-25-20(27)17-9-4-5-10-18(17)24-21(25)28-14(2)19(26)23-16-8-6-7-15(12-16)13-22/h4-10,12,14H,3,11H2,1-2H3,(H,23,26). The lowest BCUT2D eigenvalue weighted by Crippen LogP contribution is -2.27. The molecule has 0 aliphatic rings. The summed E-state index contributed by atoms with van der Waals surface area (Å²) in [5, 5.41) is 12.4. The van der Waals surface area contributed by atoms with E-state index in [1.165, 1.54) is 11.8 Å². The number of hydrogen-bond acceptors (Lipinski definition) is 5. The van der Waals surface area contributed by atoms with Crippen molar-refractivity contribution in [2.24, 2.45) is 0 Å². The van der Waals surface area contributed by atoms with E-state index in [0.29, 0.717) is 33.9 Å². The van der Waals surface area contributed by atoms with Crippen LogP contribution < -0.4 is 10.9 Å². The van der Waals surface area contributed by atoms with Crippen molar-refractivity contribution in [3.05, 3.63) is 64.4 Å². The third-order valence-corrected chi connectivity index (χ3v) is 5.27. The van der Waals surface area contributed by atoms with Crippen molar-refractivity contribution in [3.63, 3.8) is 0 Å². The number of para-hydroxylation sites is 1. The first-order chi connectivity index (χ1) is 13.5. The number of benzene rings is 2. The lowest BCUT2D eigenvalue weighted by Gasteiger charge is -2.16. The number of thioether (sulfide) groups is 1. The maximum absolute atomic E-state index is 12.8. The molecule has 0 radical (unpaired) electrons. The van der Waals surface area contributed by atoms with E-state index < -0.39 is 5.25 Å². The average molecular weight is 392 g/mol. The first kappa shape index (κ1) is 19.6. The van der Waals surface area contributed by atoms with Crippen molar-refractivity contribution in [3.8, 4) is 6.07 Å². The molecule has 0 aliphatic heterocycles. The number of rotatable bonds is 6. The minimum atomic E-state index is -0.470. The normalized spacial score (nSPS) is 11.8. The van der Waals surface area contributed by atoms with Gasteiger partial charge in [-0.25, -0.2) is 4.98 Å². The Balaban J connectivity index is 1.86. The maximum Gasteiger partial charge on any atom is 0.262 e. The lowest BCUT2D eigenvalue weighted by molar-refractivity contribution is -0.115. The second-order valence-electron chi connectivity index (χ2n) is 6.31. The molecule has 28 heavy (non-hydrogen) atoms. The zero-order chi connectivity index (χ0) is 20.1. The molecule has 142 valence electrons. The molecule has 1 unspecified atom stereocenters. The van der Waals surface area contributed by atoms with E-state index in [1.54, 1.807) is 47.9 Å². The summed E-state index contributed by atoms with van der Waals surface area (Å²) in [6, 6.07) is 16.0. The summed E-state index contributed by atoms with van der Waals surface area (Å²) < 4.78 is 1.63. The Bertz CT molecular complexity index is 1120. The molecule has 0 saturated carbocycles. The summed E-state index contributed by atoms with van der Waals surface area (Å²) in [7, 11) is 0. The van der Waals surface area contributed by atoms with Crippen molar-refractivity contribution in [1.82, 2.24) is 9.55 Å². The van der Waals surface area contributed by atoms with Gasteiger partial charge in [0.25, 0.3) is 5.56 Å². The summed E-state index contributed by atoms with van der Waals surface area (Å²) >= 11 is 1.25. The Morgan fingerprint density at radius 3 is 2.82 bits per heavy atom. The molecule has 1 atom stereocenters. The number of carbonyl (C=O) groups is 1. The van der Waals surface area contributed by atoms with Gasteiger partial charge in [-0.05, 0) is 43.7 Å². The smallest absolute Gasteiger partial charge is 0.262 e. The van der Waals surface area contributed by atoms with Gasteiger partial charge in [-0.3, -0.25) is 14.2 Å². The molecule has 1 heterocycles. The summed E-state index contributed by atoms with van der Waals surface area (Å²) in [5.74, 6) is -0.217. The number of carbonyl (C=O) groups excluding carboxylic acids is 1. The van der Waals surface area contributed by atoms with Crippen LogP contribution in [0.15, 0.2) is 58.5 Å². The van der Waals surface area contributed by atoms with E-state index in [9.17, 15) is 9.59 Å². The van der Waals surface area contributed by atoms with Crippen molar-refractivity contribution in [1.29, 1.82) is 5.26 Å². The number of hydrogen-bond donors (Lipinski definition) is 1. The lowest BCUT2D eigenvalue weighted by atomic mass is 10.2. The maximum atomic E-state index is 12.8. The Kier molecular flexibility index (Phi) is 6.12. The van der Waals surface area contributed by atoms with Crippen LogP contribution in [-0.4, -0.2) is 20.7 Å². The second kappa shape index (κ2) is 8.72. The monoisotopic (exact) mass is 392 g/mol. The highest BCUT2D eigenvalue weighted by Crippen LogP contribution is 2.24. The molecule has 0 bridgehead atoms. The Morgan fingerprint density at radius 1 is 1.29 bits per heavy atom. The summed E-state index contributed by atoms with van der Waals surface area (Å²) in [5.41, 5.74) is 1.57. The fourth-order valence-electron chi connectivity index (χ4n) is 2.78. The minimum absolute atomic E-state index is 0.0933. The highest BCUT2D eigenvalue weighted by molar-refractivity contribution is 8.00. The van der Waals surface area contributed by atoms with Crippen LogP contribution in [0.3, 0.4) is 0 Å². The molecule has 0 saturated heterocycles. The van der Waals surface area contributed by atoms with Crippen molar-refractivity contribution in [2.75, 3.05) is 5.32 Å². The van der Waals surface area contributed by atoms with Crippen molar-refractivity contribution >= 4 is 34.3 Å². The molecule has 1 N–H and O–H groups in total. The highest BCUT2D eigenvalue weighted by Gasteiger charge is 2.19. The van der Waals surface area contributed by atoms with Gasteiger partial charge in [0.15, 0.2) is 5.16 Å². The number of nitrogens with one attached hydrogen (secondary N) is 1. The molecular weight excluding hydrogens is 372 g/mol. The van der Waals surface area contributed by atoms with E-state index in [0.717, 1.165) is 6.42 Å². The first-order valence-electron chi connectivity index (χ1n) is 9.00. The van der Waals surface area contributed by atoms with E-state index in [2.05, 4.69) is 10.3 Å². The number of aromatic nitrogens is 2. The summed E-state index contributed by atoms with van der Waals surface area (Å²) in [6.45, 7) is 4.30. The molecule has 0 spiro atoms. The predicted molar refractivity (Wildman–Crippen MR) is 111 cm³/mol. The zero-order valence-electron chi connectivity index (χ0n) is 15.7. The van der Waals surface area contributed by atoms with Crippen molar-refractivity contribution in [2.45, 2.75) is 37.2 Å². The van der Waals surface area contributed by atoms with Gasteiger partial charge in [0.2, 0.25) is 5.91 Å². The van der Waals surface area contributed by atoms with Crippen molar-refractivity contribution < 1.29 is 4.79 Å². The molecule has 0 fully saturated rings. The van der Waals surface area contributed by atoms with Gasteiger partial charge in [0.1, 0.15) is 0 Å². The molecular formula is C21H20N4O2S. The summed E-state index contributed by atoms with van der Waals surface area (Å²) in [6.07, 6.45) is 0.787. The van der Waals surface area contributed by atoms with Gasteiger partial charge in [0, 0.05) is 12.2 Å². The average Bonchev–Trinajstić information content (AvgIpc) is 2.71. The van der Waals surface area contributed by atoms with Crippen LogP contribution >= 0.6 is 11.8 Å². The molecule has 7 heteroatoms. The van der Waals surface area contributed by atoms with Crippen LogP contribution in [0.4, 0.5) is 5.69 Å². The molecule has 6 nitrogen and oxygen atoms in total. The molecule has 1 aromatic heterocycles. The van der Waals surface area contributed by atoms with Crippen LogP contribution in [0.1, 0.15) is 25.8 Å². The van der Waals surface area contributed by atoms with Gasteiger partial charge >= 0.3 is 0 Å². The molecule has 2 aromatic carbocycles. The van der Waals surface area contributed by atoms with Gasteiger partial charge in [0.05, 0.1) is 27.8 Å². The minimum Gasteiger partial charge on any atom is -0.325 e. The Hall–Kier alpha value is -3.11. The van der Waals surface area contributed by atoms with E-state index in [1.807, 2.05) is 25.1 Å². The van der Waals surface area contributed by atoms with Crippen LogP contribution in [0.5, 0.6) is 0 Å². The second-order valence-corrected chi connectivity index (χ2v) is 7.62. The SMILES string of the molecule is CCCn1c(SC(C)C(=O)Nc2cccc(C#N)c2)nc2ccccc2c1=O. The molecule has 3 aromatic rings. The Morgan fingerprint density at radius 2 is 2.07 bits per heavy atom. The quantitative estimate of drug-likeness (QED) is 0.509. The fourth-order valence-corrected chi connectivity index (χ4v) is 3.72. The van der Waals surface area contributed by atoms with Crippen LogP contribution in [0.2, 0.25) is 0 Å². The number of amides is 1. The van der Waals surface area contributed by atoms with E-state index in [4.69, 9.17) is 5.26 Å². The number of fused-ring (bicyclic) bond motifs is 1. The first-order valence-corrected chi connectivity index (χ1v) is 9.88. The Labute approximate surface area is 167 Å². The molecule has 3 rings (SSSR count). The van der Waals surface area contributed by atoms with E-state index >= 15 is 0 Å². The van der Waals surface area contributed by atoms with Crippen LogP contribution in [0, 0.1) is 11.3 Å². The largest absolute Gasteiger partial charge is 0.325 e. The van der Waals surface area contributed by atoms with Gasteiger partial charge in [-0.1, -0.05) is 36.9 Å². The molecule has 1 amide bonds. The van der Waals surface area contributed by atoms with Gasteiger partial charge in [-0.15, -0.1) is 0 Å². The third kappa shape index (κ3) is 4.24. The van der Waals surface area contributed by atoms with E-state index in [-0.39, 0.29) is 11.5 Å². The zero-order valence-corrected chi connectivity index (χ0v) is 16.5. The molecule has 0 aliphatic carbocycles. The van der Waals surface area contributed by atoms with Crippen LogP contribution in [0.25, 0.3) is 10.9 Å². The van der Waals surface area contributed by atoms with Gasteiger partial charge in [-0.2, -0.15) is 5.26 Å². The number of nitriles is 1. The highest BCUT2D eigenvalue weighted by atomic mass is 32.2.